The van der Waals surface area contributed by atoms with Crippen LogP contribution in [-0.2, 0) is 4.79 Å². The second-order valence-electron chi connectivity index (χ2n) is 7.68. The predicted octanol–water partition coefficient (Wildman–Crippen LogP) is 6.50. The fourth-order valence-electron chi connectivity index (χ4n) is 4.27. The summed E-state index contributed by atoms with van der Waals surface area (Å²) in [5.74, 6) is 0.647. The van der Waals surface area contributed by atoms with Crippen LogP contribution in [0.2, 0.25) is 0 Å². The summed E-state index contributed by atoms with van der Waals surface area (Å²) in [6.07, 6.45) is 1.92. The zero-order chi connectivity index (χ0) is 20.9. The smallest absolute Gasteiger partial charge is 0.280 e. The average Bonchev–Trinajstić information content (AvgIpc) is 3.27. The molecule has 2 aliphatic heterocycles. The number of hydrazone groups is 1. The van der Waals surface area contributed by atoms with Crippen LogP contribution in [0, 0.1) is 0 Å². The van der Waals surface area contributed by atoms with Crippen molar-refractivity contribution in [3.63, 3.8) is 0 Å². The van der Waals surface area contributed by atoms with Crippen molar-refractivity contribution in [1.29, 1.82) is 0 Å². The van der Waals surface area contributed by atoms with E-state index in [2.05, 4.69) is 23.3 Å². The fourth-order valence-corrected chi connectivity index (χ4v) is 4.27. The van der Waals surface area contributed by atoms with Crippen molar-refractivity contribution in [2.75, 3.05) is 5.01 Å². The second-order valence-corrected chi connectivity index (χ2v) is 7.68. The monoisotopic (exact) mass is 402 g/mol. The van der Waals surface area contributed by atoms with Gasteiger partial charge in [-0.15, -0.1) is 0 Å². The molecule has 1 amide bonds. The van der Waals surface area contributed by atoms with E-state index in [0.29, 0.717) is 11.3 Å². The van der Waals surface area contributed by atoms with Gasteiger partial charge in [0.2, 0.25) is 0 Å². The molecular weight excluding hydrogens is 384 g/mol. The van der Waals surface area contributed by atoms with Crippen LogP contribution in [-0.4, -0.2) is 11.6 Å². The number of carbonyl (C=O) groups is 1. The van der Waals surface area contributed by atoms with Gasteiger partial charge in [0.05, 0.1) is 17.0 Å². The number of rotatable bonds is 2. The Morgan fingerprint density at radius 3 is 2.42 bits per heavy atom. The number of amides is 1. The summed E-state index contributed by atoms with van der Waals surface area (Å²) in [6.45, 7) is 1.87. The summed E-state index contributed by atoms with van der Waals surface area (Å²) in [7, 11) is 0. The Morgan fingerprint density at radius 2 is 1.58 bits per heavy atom. The Bertz CT molecular complexity index is 1510. The van der Waals surface area contributed by atoms with E-state index in [1.807, 2.05) is 79.7 Å². The molecule has 2 heterocycles. The molecule has 0 saturated heterocycles. The molecule has 0 N–H and O–H groups in total. The summed E-state index contributed by atoms with van der Waals surface area (Å²) in [5, 5.41) is 9.19. The van der Waals surface area contributed by atoms with E-state index in [-0.39, 0.29) is 5.91 Å². The molecule has 0 spiro atoms. The predicted molar refractivity (Wildman–Crippen MR) is 125 cm³/mol. The lowest BCUT2D eigenvalue weighted by atomic mass is 10.1. The standard InChI is InChI=1S/C27H18N2O2/c1-17-22(27(30)29(28-17)19-10-3-2-4-11-19)16-24-21-13-7-6-12-20(21)23-15-18-9-5-8-14-25(18)31-26(23)24/h2-16H,1H3/b22-16+. The molecule has 0 unspecified atom stereocenters. The molecule has 4 heteroatoms. The topological polar surface area (TPSA) is 45.8 Å². The van der Waals surface area contributed by atoms with Crippen LogP contribution >= 0.6 is 0 Å². The summed E-state index contributed by atoms with van der Waals surface area (Å²) >= 11 is 0. The summed E-state index contributed by atoms with van der Waals surface area (Å²) in [5.41, 5.74) is 4.78. The van der Waals surface area contributed by atoms with Crippen LogP contribution in [0.25, 0.3) is 39.1 Å². The SMILES string of the molecule is CC1=NN(c2ccccc2)C(=O)/C1=C/c1c2oc3ccccc3cc-2c2ccccc12. The van der Waals surface area contributed by atoms with Crippen molar-refractivity contribution >= 4 is 45.1 Å². The van der Waals surface area contributed by atoms with E-state index in [4.69, 9.17) is 4.42 Å². The molecule has 0 atom stereocenters. The number of nitrogens with zero attached hydrogens (tertiary/aromatic N) is 2. The highest BCUT2D eigenvalue weighted by atomic mass is 16.3. The minimum absolute atomic E-state index is 0.136. The van der Waals surface area contributed by atoms with Crippen LogP contribution in [0.5, 0.6) is 0 Å². The molecular formula is C27H18N2O2. The molecule has 0 radical (unpaired) electrons. The first-order valence-electron chi connectivity index (χ1n) is 10.2. The number of benzene rings is 3. The Hall–Kier alpha value is -4.18. The van der Waals surface area contributed by atoms with E-state index >= 15 is 0 Å². The number of carbonyl (C=O) groups excluding carboxylic acids is 1. The minimum atomic E-state index is -0.136. The van der Waals surface area contributed by atoms with Gasteiger partial charge in [0.1, 0.15) is 11.3 Å². The van der Waals surface area contributed by atoms with Crippen molar-refractivity contribution < 1.29 is 9.21 Å². The molecule has 31 heavy (non-hydrogen) atoms. The molecule has 148 valence electrons. The maximum atomic E-state index is 13.2. The van der Waals surface area contributed by atoms with Gasteiger partial charge in [-0.25, -0.2) is 0 Å². The molecule has 0 bridgehead atoms. The zero-order valence-corrected chi connectivity index (χ0v) is 16.9. The van der Waals surface area contributed by atoms with Gasteiger partial charge in [-0.1, -0.05) is 60.7 Å². The van der Waals surface area contributed by atoms with E-state index < -0.39 is 0 Å². The lowest BCUT2D eigenvalue weighted by molar-refractivity contribution is -0.114. The molecule has 0 aromatic heterocycles. The quantitative estimate of drug-likeness (QED) is 0.317. The first-order valence-corrected chi connectivity index (χ1v) is 10.2. The van der Waals surface area contributed by atoms with Crippen LogP contribution in [0.3, 0.4) is 0 Å². The van der Waals surface area contributed by atoms with E-state index in [0.717, 1.165) is 44.3 Å². The van der Waals surface area contributed by atoms with Gasteiger partial charge in [-0.2, -0.15) is 10.1 Å². The molecule has 0 saturated carbocycles. The van der Waals surface area contributed by atoms with Crippen molar-refractivity contribution in [3.05, 3.63) is 96.1 Å². The van der Waals surface area contributed by atoms with Crippen molar-refractivity contribution in [2.45, 2.75) is 6.92 Å². The van der Waals surface area contributed by atoms with Crippen molar-refractivity contribution in [3.8, 4) is 11.3 Å². The number of para-hydroxylation sites is 2. The third-order valence-corrected chi connectivity index (χ3v) is 5.78. The van der Waals surface area contributed by atoms with Crippen LogP contribution in [0.15, 0.2) is 100 Å². The molecule has 1 aliphatic carbocycles. The number of fused-ring (bicyclic) bond motifs is 4. The van der Waals surface area contributed by atoms with Crippen LogP contribution < -0.4 is 5.01 Å². The molecule has 0 fully saturated rings. The van der Waals surface area contributed by atoms with Gasteiger partial charge >= 0.3 is 0 Å². The lowest BCUT2D eigenvalue weighted by Gasteiger charge is -2.11. The maximum absolute atomic E-state index is 13.2. The number of anilines is 1. The highest BCUT2D eigenvalue weighted by Gasteiger charge is 2.30. The highest BCUT2D eigenvalue weighted by molar-refractivity contribution is 6.33. The third kappa shape index (κ3) is 2.69. The van der Waals surface area contributed by atoms with Gasteiger partial charge in [-0.05, 0) is 48.0 Å². The molecule has 3 aromatic rings. The summed E-state index contributed by atoms with van der Waals surface area (Å²) in [6, 6.07) is 27.8. The molecule has 4 nitrogen and oxygen atoms in total. The Kier molecular flexibility index (Phi) is 3.80. The Balaban J connectivity index is 1.58. The highest BCUT2D eigenvalue weighted by Crippen LogP contribution is 2.43. The first-order chi connectivity index (χ1) is 15.2. The van der Waals surface area contributed by atoms with Crippen LogP contribution in [0.1, 0.15) is 12.5 Å². The van der Waals surface area contributed by atoms with Gasteiger partial charge in [-0.3, -0.25) is 4.79 Å². The van der Waals surface area contributed by atoms with E-state index in [1.165, 1.54) is 5.01 Å². The van der Waals surface area contributed by atoms with Crippen molar-refractivity contribution in [2.24, 2.45) is 5.10 Å². The molecule has 3 aromatic carbocycles. The zero-order valence-electron chi connectivity index (χ0n) is 16.9. The fraction of sp³-hybridized carbons (Fsp3) is 0.0370. The summed E-state index contributed by atoms with van der Waals surface area (Å²) < 4.78 is 6.35. The average molecular weight is 402 g/mol. The number of hydrogen-bond acceptors (Lipinski definition) is 3. The largest absolute Gasteiger partial charge is 0.455 e. The van der Waals surface area contributed by atoms with Crippen LogP contribution in [0.4, 0.5) is 5.69 Å². The normalized spacial score (nSPS) is 15.5. The molecule has 6 rings (SSSR count). The third-order valence-electron chi connectivity index (χ3n) is 5.78. The van der Waals surface area contributed by atoms with Crippen molar-refractivity contribution in [1.82, 2.24) is 0 Å². The van der Waals surface area contributed by atoms with Gasteiger partial charge in [0.25, 0.3) is 5.91 Å². The Labute approximate surface area is 179 Å². The Morgan fingerprint density at radius 1 is 0.871 bits per heavy atom. The molecule has 3 aliphatic rings. The lowest BCUT2D eigenvalue weighted by Crippen LogP contribution is -2.21. The first kappa shape index (κ1) is 17.7. The summed E-state index contributed by atoms with van der Waals surface area (Å²) in [4.78, 5) is 13.2. The van der Waals surface area contributed by atoms with Gasteiger partial charge in [0, 0.05) is 16.5 Å². The van der Waals surface area contributed by atoms with Gasteiger partial charge < -0.3 is 4.42 Å². The number of hydrogen-bond donors (Lipinski definition) is 0. The van der Waals surface area contributed by atoms with Gasteiger partial charge in [0.15, 0.2) is 0 Å². The second kappa shape index (κ2) is 6.67. The minimum Gasteiger partial charge on any atom is -0.455 e. The maximum Gasteiger partial charge on any atom is 0.280 e. The van der Waals surface area contributed by atoms with E-state index in [9.17, 15) is 4.79 Å². The van der Waals surface area contributed by atoms with E-state index in [1.54, 1.807) is 0 Å².